The topological polar surface area (TPSA) is 121 Å². The minimum absolute atomic E-state index is 0.0655. The molecule has 1 aliphatic heterocycles. The maximum Gasteiger partial charge on any atom is 0.199 e. The largest absolute Gasteiger partial charge is 0.376 e. The summed E-state index contributed by atoms with van der Waals surface area (Å²) in [5.74, 6) is -3.09. The summed E-state index contributed by atoms with van der Waals surface area (Å²) in [7, 11) is 0. The molecule has 0 spiro atoms. The number of Topliss-reactive ketones (excluding diaryl/α,β-unsaturated/α-hetero) is 3. The highest BCUT2D eigenvalue weighted by atomic mass is 16.5. The molecule has 1 aliphatic rings. The van der Waals surface area contributed by atoms with Crippen molar-refractivity contribution in [3.8, 4) is 0 Å². The molecule has 5 atom stereocenters. The van der Waals surface area contributed by atoms with Gasteiger partial charge in [-0.15, -0.1) is 6.58 Å². The molecule has 7 nitrogen and oxygen atoms in total. The van der Waals surface area contributed by atoms with Crippen molar-refractivity contribution in [2.24, 2.45) is 0 Å². The van der Waals surface area contributed by atoms with Crippen LogP contribution in [0.3, 0.4) is 0 Å². The SMILES string of the molecule is C=CC[C@@H]1O[C@@H](C)[C@](O)(C(C)=O)[C@](O)(C(C)=O)[C@@]1(O)C(C)=O. The van der Waals surface area contributed by atoms with Gasteiger partial charge in [-0.1, -0.05) is 6.08 Å². The molecule has 0 aromatic heterocycles. The molecule has 0 saturated carbocycles. The Balaban J connectivity index is 3.78. The molecule has 0 aliphatic carbocycles. The Labute approximate surface area is 128 Å². The Bertz CT molecular complexity index is 528. The lowest BCUT2D eigenvalue weighted by Crippen LogP contribution is -2.85. The Morgan fingerprint density at radius 1 is 1.05 bits per heavy atom. The number of ether oxygens (including phenoxy) is 1. The first-order valence-corrected chi connectivity index (χ1v) is 6.88. The molecule has 7 heteroatoms. The number of carbonyl (C=O) groups excluding carboxylic acids is 3. The van der Waals surface area contributed by atoms with E-state index in [1.54, 1.807) is 0 Å². The van der Waals surface area contributed by atoms with Crippen molar-refractivity contribution in [2.45, 2.75) is 63.1 Å². The smallest absolute Gasteiger partial charge is 0.199 e. The first-order chi connectivity index (χ1) is 9.92. The fourth-order valence-electron chi connectivity index (χ4n) is 3.20. The maximum absolute atomic E-state index is 12.1. The van der Waals surface area contributed by atoms with Crippen LogP contribution in [0.15, 0.2) is 12.7 Å². The summed E-state index contributed by atoms with van der Waals surface area (Å²) >= 11 is 0. The van der Waals surface area contributed by atoms with Gasteiger partial charge in [-0.05, 0) is 34.1 Å². The van der Waals surface area contributed by atoms with Crippen molar-refractivity contribution >= 4 is 17.3 Å². The molecule has 0 aromatic rings. The zero-order chi connectivity index (χ0) is 17.5. The maximum atomic E-state index is 12.1. The summed E-state index contributed by atoms with van der Waals surface area (Å²) in [5, 5.41) is 32.4. The van der Waals surface area contributed by atoms with Crippen molar-refractivity contribution in [2.75, 3.05) is 0 Å². The Morgan fingerprint density at radius 3 is 1.82 bits per heavy atom. The quantitative estimate of drug-likeness (QED) is 0.574. The third-order valence-electron chi connectivity index (χ3n) is 4.49. The van der Waals surface area contributed by atoms with Gasteiger partial charge in [0.25, 0.3) is 0 Å². The van der Waals surface area contributed by atoms with Crippen molar-refractivity contribution in [1.82, 2.24) is 0 Å². The van der Waals surface area contributed by atoms with Gasteiger partial charge in [0.1, 0.15) is 6.10 Å². The van der Waals surface area contributed by atoms with Crippen LogP contribution < -0.4 is 0 Å². The number of carbonyl (C=O) groups is 3. The highest BCUT2D eigenvalue weighted by Crippen LogP contribution is 2.47. The molecule has 1 saturated heterocycles. The first-order valence-electron chi connectivity index (χ1n) is 6.88. The van der Waals surface area contributed by atoms with Crippen LogP contribution in [-0.4, -0.2) is 61.7 Å². The predicted molar refractivity (Wildman–Crippen MR) is 76.0 cm³/mol. The highest BCUT2D eigenvalue weighted by molar-refractivity contribution is 6.05. The van der Waals surface area contributed by atoms with Crippen LogP contribution in [0.1, 0.15) is 34.1 Å². The van der Waals surface area contributed by atoms with E-state index in [1.807, 2.05) is 0 Å². The fraction of sp³-hybridized carbons (Fsp3) is 0.667. The number of hydrogen-bond acceptors (Lipinski definition) is 7. The zero-order valence-electron chi connectivity index (χ0n) is 13.1. The van der Waals surface area contributed by atoms with Gasteiger partial charge >= 0.3 is 0 Å². The predicted octanol–water partition coefficient (Wildman–Crippen LogP) is -0.690. The third kappa shape index (κ3) is 2.00. The van der Waals surface area contributed by atoms with E-state index < -0.39 is 46.4 Å². The normalized spacial score (nSPS) is 41.8. The summed E-state index contributed by atoms with van der Waals surface area (Å²) in [6.45, 7) is 7.54. The second-order valence-corrected chi connectivity index (χ2v) is 5.70. The van der Waals surface area contributed by atoms with Crippen LogP contribution in [0, 0.1) is 0 Å². The molecular formula is C15H22O7. The summed E-state index contributed by atoms with van der Waals surface area (Å²) in [6, 6.07) is 0. The van der Waals surface area contributed by atoms with Crippen LogP contribution in [0.5, 0.6) is 0 Å². The lowest BCUT2D eigenvalue weighted by atomic mass is 9.59. The van der Waals surface area contributed by atoms with Crippen molar-refractivity contribution in [1.29, 1.82) is 0 Å². The Kier molecular flexibility index (Phi) is 4.79. The van der Waals surface area contributed by atoms with Gasteiger partial charge in [-0.3, -0.25) is 14.4 Å². The van der Waals surface area contributed by atoms with Gasteiger partial charge in [0.2, 0.25) is 0 Å². The third-order valence-corrected chi connectivity index (χ3v) is 4.49. The van der Waals surface area contributed by atoms with E-state index in [4.69, 9.17) is 4.74 Å². The Morgan fingerprint density at radius 2 is 1.50 bits per heavy atom. The second kappa shape index (κ2) is 5.66. The monoisotopic (exact) mass is 314 g/mol. The molecule has 0 unspecified atom stereocenters. The van der Waals surface area contributed by atoms with Gasteiger partial charge in [-0.25, -0.2) is 0 Å². The number of hydrogen-bond donors (Lipinski definition) is 3. The molecule has 0 aromatic carbocycles. The van der Waals surface area contributed by atoms with Crippen LogP contribution >= 0.6 is 0 Å². The summed E-state index contributed by atoms with van der Waals surface area (Å²) in [5.41, 5.74) is -8.56. The summed E-state index contributed by atoms with van der Waals surface area (Å²) < 4.78 is 5.40. The van der Waals surface area contributed by atoms with E-state index in [0.717, 1.165) is 20.8 Å². The van der Waals surface area contributed by atoms with Crippen molar-refractivity contribution in [3.05, 3.63) is 12.7 Å². The molecule has 124 valence electrons. The average molecular weight is 314 g/mol. The lowest BCUT2D eigenvalue weighted by Gasteiger charge is -2.57. The molecule has 0 bridgehead atoms. The molecule has 1 fully saturated rings. The van der Waals surface area contributed by atoms with E-state index in [-0.39, 0.29) is 6.42 Å². The zero-order valence-corrected chi connectivity index (χ0v) is 13.1. The average Bonchev–Trinajstić information content (AvgIpc) is 2.41. The molecule has 0 amide bonds. The fourth-order valence-corrected chi connectivity index (χ4v) is 3.20. The molecule has 1 rings (SSSR count). The molecule has 0 radical (unpaired) electrons. The minimum Gasteiger partial charge on any atom is -0.376 e. The van der Waals surface area contributed by atoms with Gasteiger partial charge < -0.3 is 20.1 Å². The van der Waals surface area contributed by atoms with Gasteiger partial charge in [0, 0.05) is 0 Å². The van der Waals surface area contributed by atoms with Gasteiger partial charge in [-0.2, -0.15) is 0 Å². The Hall–Kier alpha value is -1.41. The number of ketones is 3. The van der Waals surface area contributed by atoms with Gasteiger partial charge in [0.15, 0.2) is 34.2 Å². The molecule has 3 N–H and O–H groups in total. The molecule has 22 heavy (non-hydrogen) atoms. The van der Waals surface area contributed by atoms with Gasteiger partial charge in [0.05, 0.1) is 6.10 Å². The van der Waals surface area contributed by atoms with Crippen LogP contribution in [0.4, 0.5) is 0 Å². The van der Waals surface area contributed by atoms with Crippen LogP contribution in [0.25, 0.3) is 0 Å². The number of aliphatic hydroxyl groups is 3. The minimum atomic E-state index is -3.02. The lowest BCUT2D eigenvalue weighted by molar-refractivity contribution is -0.314. The van der Waals surface area contributed by atoms with E-state index in [9.17, 15) is 29.7 Å². The van der Waals surface area contributed by atoms with Crippen LogP contribution in [0.2, 0.25) is 0 Å². The summed E-state index contributed by atoms with van der Waals surface area (Å²) in [4.78, 5) is 36.1. The second-order valence-electron chi connectivity index (χ2n) is 5.70. The van der Waals surface area contributed by atoms with Crippen LogP contribution in [-0.2, 0) is 19.1 Å². The van der Waals surface area contributed by atoms with E-state index in [1.165, 1.54) is 13.0 Å². The molecular weight excluding hydrogens is 292 g/mol. The number of rotatable bonds is 5. The van der Waals surface area contributed by atoms with Crippen molar-refractivity contribution in [3.63, 3.8) is 0 Å². The van der Waals surface area contributed by atoms with Crippen molar-refractivity contribution < 1.29 is 34.4 Å². The van der Waals surface area contributed by atoms with E-state index >= 15 is 0 Å². The molecule has 1 heterocycles. The van der Waals surface area contributed by atoms with E-state index in [2.05, 4.69) is 6.58 Å². The summed E-state index contributed by atoms with van der Waals surface area (Å²) in [6.07, 6.45) is -1.37. The first kappa shape index (κ1) is 18.6. The van der Waals surface area contributed by atoms with E-state index in [0.29, 0.717) is 0 Å². The highest BCUT2D eigenvalue weighted by Gasteiger charge is 2.76. The standard InChI is InChI=1S/C15H22O7/c1-6-7-12-14(20,9(3)17)15(21,10(4)18)13(19,8(2)16)11(5)22-12/h6,11-12,19-21H,1,7H2,2-5H3/t11-,12-,13+,14+,15+/m0/s1.